The second-order valence-corrected chi connectivity index (χ2v) is 7.91. The van der Waals surface area contributed by atoms with Crippen molar-refractivity contribution < 1.29 is 14.2 Å². The molecule has 1 fully saturated rings. The molecule has 2 aromatic rings. The highest BCUT2D eigenvalue weighted by molar-refractivity contribution is 14.0. The number of halogens is 1. The van der Waals surface area contributed by atoms with E-state index in [1.165, 1.54) is 11.1 Å². The summed E-state index contributed by atoms with van der Waals surface area (Å²) in [6.07, 6.45) is 3.20. The molecule has 2 atom stereocenters. The zero-order valence-electron chi connectivity index (χ0n) is 19.3. The molecule has 32 heavy (non-hydrogen) atoms. The number of guanidine groups is 1. The van der Waals surface area contributed by atoms with Crippen LogP contribution in [0.4, 0.5) is 5.69 Å². The summed E-state index contributed by atoms with van der Waals surface area (Å²) in [5.74, 6) is 1.96. The molecule has 1 aliphatic heterocycles. The largest absolute Gasteiger partial charge is 0.493 e. The Morgan fingerprint density at radius 3 is 2.72 bits per heavy atom. The molecule has 7 heteroatoms. The first-order valence-electron chi connectivity index (χ1n) is 11.1. The molecule has 3 rings (SSSR count). The number of ether oxygens (including phenoxy) is 3. The Morgan fingerprint density at radius 2 is 1.97 bits per heavy atom. The van der Waals surface area contributed by atoms with E-state index >= 15 is 0 Å². The van der Waals surface area contributed by atoms with Crippen LogP contribution in [0.5, 0.6) is 5.75 Å². The van der Waals surface area contributed by atoms with Gasteiger partial charge in [-0.3, -0.25) is 4.99 Å². The average molecular weight is 553 g/mol. The molecule has 0 radical (unpaired) electrons. The van der Waals surface area contributed by atoms with Gasteiger partial charge in [-0.25, -0.2) is 0 Å². The van der Waals surface area contributed by atoms with E-state index in [1.807, 2.05) is 24.3 Å². The standard InChI is InChI=1S/C25H35N3O3.HI/c1-19-10-12-20(13-11-19)24-21(7-5-15-31-24)18-27-25(26-2)28-22-8-4-9-23(17-22)30-16-6-14-29-3;/h4,8-13,17,21,24H,5-7,14-16,18H2,1-3H3,(H2,26,27,28);1H. The average Bonchev–Trinajstić information content (AvgIpc) is 2.80. The van der Waals surface area contributed by atoms with Crippen molar-refractivity contribution in [2.75, 3.05) is 45.8 Å². The van der Waals surface area contributed by atoms with Crippen molar-refractivity contribution in [2.24, 2.45) is 10.9 Å². The Balaban J connectivity index is 0.00000363. The molecule has 2 N–H and O–H groups in total. The molecule has 0 amide bonds. The molecule has 0 aliphatic carbocycles. The number of hydrogen-bond acceptors (Lipinski definition) is 4. The van der Waals surface area contributed by atoms with Crippen molar-refractivity contribution in [2.45, 2.75) is 32.3 Å². The van der Waals surface area contributed by atoms with Gasteiger partial charge in [-0.15, -0.1) is 24.0 Å². The predicted molar refractivity (Wildman–Crippen MR) is 141 cm³/mol. The van der Waals surface area contributed by atoms with Gasteiger partial charge in [0.15, 0.2) is 5.96 Å². The first-order chi connectivity index (χ1) is 15.2. The molecule has 0 bridgehead atoms. The summed E-state index contributed by atoms with van der Waals surface area (Å²) >= 11 is 0. The Morgan fingerprint density at radius 1 is 1.16 bits per heavy atom. The monoisotopic (exact) mass is 553 g/mol. The number of nitrogens with zero attached hydrogens (tertiary/aromatic N) is 1. The van der Waals surface area contributed by atoms with Crippen molar-refractivity contribution in [1.29, 1.82) is 0 Å². The number of benzene rings is 2. The van der Waals surface area contributed by atoms with Crippen LogP contribution in [-0.2, 0) is 9.47 Å². The summed E-state index contributed by atoms with van der Waals surface area (Å²) in [5.41, 5.74) is 3.45. The van der Waals surface area contributed by atoms with E-state index in [4.69, 9.17) is 14.2 Å². The van der Waals surface area contributed by atoms with Gasteiger partial charge in [0.05, 0.1) is 12.7 Å². The first-order valence-corrected chi connectivity index (χ1v) is 11.1. The van der Waals surface area contributed by atoms with Gasteiger partial charge in [-0.1, -0.05) is 35.9 Å². The minimum absolute atomic E-state index is 0. The van der Waals surface area contributed by atoms with Gasteiger partial charge >= 0.3 is 0 Å². The summed E-state index contributed by atoms with van der Waals surface area (Å²) in [6, 6.07) is 16.6. The van der Waals surface area contributed by atoms with E-state index < -0.39 is 0 Å². The van der Waals surface area contributed by atoms with Crippen LogP contribution in [-0.4, -0.2) is 46.5 Å². The Labute approximate surface area is 209 Å². The number of rotatable bonds is 9. The van der Waals surface area contributed by atoms with Gasteiger partial charge in [0.2, 0.25) is 0 Å². The van der Waals surface area contributed by atoms with Crippen molar-refractivity contribution in [3.63, 3.8) is 0 Å². The quantitative estimate of drug-likeness (QED) is 0.194. The summed E-state index contributed by atoms with van der Waals surface area (Å²) < 4.78 is 17.0. The molecule has 2 unspecified atom stereocenters. The lowest BCUT2D eigenvalue weighted by Crippen LogP contribution is -2.38. The van der Waals surface area contributed by atoms with Gasteiger partial charge in [0.1, 0.15) is 5.75 Å². The molecule has 0 aromatic heterocycles. The number of methoxy groups -OCH3 is 1. The highest BCUT2D eigenvalue weighted by Gasteiger charge is 2.27. The zero-order valence-corrected chi connectivity index (χ0v) is 21.6. The van der Waals surface area contributed by atoms with E-state index in [0.717, 1.165) is 49.8 Å². The van der Waals surface area contributed by atoms with E-state index in [1.54, 1.807) is 14.2 Å². The topological polar surface area (TPSA) is 64.1 Å². The van der Waals surface area contributed by atoms with Gasteiger partial charge in [-0.05, 0) is 37.5 Å². The van der Waals surface area contributed by atoms with Crippen LogP contribution in [0.15, 0.2) is 53.5 Å². The Kier molecular flexibility index (Phi) is 11.8. The first kappa shape index (κ1) is 26.4. The third-order valence-electron chi connectivity index (χ3n) is 5.46. The summed E-state index contributed by atoms with van der Waals surface area (Å²) in [7, 11) is 3.49. The molecule has 1 saturated heterocycles. The van der Waals surface area contributed by atoms with Crippen LogP contribution < -0.4 is 15.4 Å². The van der Waals surface area contributed by atoms with Crippen molar-refractivity contribution in [3.8, 4) is 5.75 Å². The minimum atomic E-state index is 0. The van der Waals surface area contributed by atoms with E-state index in [0.29, 0.717) is 19.1 Å². The fourth-order valence-corrected chi connectivity index (χ4v) is 3.78. The molecule has 0 saturated carbocycles. The molecule has 1 heterocycles. The highest BCUT2D eigenvalue weighted by Crippen LogP contribution is 2.33. The smallest absolute Gasteiger partial charge is 0.195 e. The maximum Gasteiger partial charge on any atom is 0.195 e. The summed E-state index contributed by atoms with van der Waals surface area (Å²) in [4.78, 5) is 4.39. The SMILES string of the molecule is CN=C(NCC1CCCOC1c1ccc(C)cc1)Nc1cccc(OCCCOC)c1.I. The van der Waals surface area contributed by atoms with Crippen LogP contribution in [0.2, 0.25) is 0 Å². The number of aryl methyl sites for hydroxylation is 1. The van der Waals surface area contributed by atoms with Crippen LogP contribution >= 0.6 is 24.0 Å². The van der Waals surface area contributed by atoms with E-state index in [9.17, 15) is 0 Å². The number of hydrogen-bond donors (Lipinski definition) is 2. The zero-order chi connectivity index (χ0) is 21.9. The second kappa shape index (κ2) is 14.3. The summed E-state index contributed by atoms with van der Waals surface area (Å²) in [6.45, 7) is 5.06. The Hall–Kier alpha value is -1.84. The lowest BCUT2D eigenvalue weighted by atomic mass is 9.89. The molecule has 2 aromatic carbocycles. The Bertz CT molecular complexity index is 829. The number of anilines is 1. The van der Waals surface area contributed by atoms with Crippen LogP contribution in [0.25, 0.3) is 0 Å². The normalized spacial score (nSPS) is 18.5. The van der Waals surface area contributed by atoms with Gasteiger partial charge in [0.25, 0.3) is 0 Å². The predicted octanol–water partition coefficient (Wildman–Crippen LogP) is 5.18. The highest BCUT2D eigenvalue weighted by atomic mass is 127. The van der Waals surface area contributed by atoms with Crippen LogP contribution in [0.3, 0.4) is 0 Å². The van der Waals surface area contributed by atoms with E-state index in [-0.39, 0.29) is 30.1 Å². The maximum atomic E-state index is 6.15. The van der Waals surface area contributed by atoms with Crippen LogP contribution in [0.1, 0.15) is 36.5 Å². The molecular weight excluding hydrogens is 517 g/mol. The third kappa shape index (κ3) is 8.26. The third-order valence-corrected chi connectivity index (χ3v) is 5.46. The minimum Gasteiger partial charge on any atom is -0.493 e. The van der Waals surface area contributed by atoms with Crippen molar-refractivity contribution in [1.82, 2.24) is 5.32 Å². The van der Waals surface area contributed by atoms with Gasteiger partial charge < -0.3 is 24.8 Å². The molecule has 176 valence electrons. The summed E-state index contributed by atoms with van der Waals surface area (Å²) in [5, 5.41) is 6.85. The lowest BCUT2D eigenvalue weighted by molar-refractivity contribution is -0.0264. The molecular formula is C25H36IN3O3. The molecule has 6 nitrogen and oxygen atoms in total. The second-order valence-electron chi connectivity index (χ2n) is 7.91. The van der Waals surface area contributed by atoms with Crippen LogP contribution in [0, 0.1) is 12.8 Å². The molecule has 0 spiro atoms. The number of nitrogens with one attached hydrogen (secondary N) is 2. The van der Waals surface area contributed by atoms with E-state index in [2.05, 4.69) is 46.8 Å². The fourth-order valence-electron chi connectivity index (χ4n) is 3.78. The lowest BCUT2D eigenvalue weighted by Gasteiger charge is -2.32. The van der Waals surface area contributed by atoms with Gasteiger partial charge in [-0.2, -0.15) is 0 Å². The number of aliphatic imine (C=N–C) groups is 1. The van der Waals surface area contributed by atoms with Crippen molar-refractivity contribution in [3.05, 3.63) is 59.7 Å². The van der Waals surface area contributed by atoms with Crippen molar-refractivity contribution >= 4 is 35.6 Å². The van der Waals surface area contributed by atoms with Gasteiger partial charge in [0, 0.05) is 58.0 Å². The fraction of sp³-hybridized carbons (Fsp3) is 0.480. The molecule has 1 aliphatic rings. The maximum absolute atomic E-state index is 6.15.